The number of amides is 1. The molecule has 0 aliphatic rings. The number of rotatable bonds is 7. The Morgan fingerprint density at radius 1 is 0.964 bits per heavy atom. The summed E-state index contributed by atoms with van der Waals surface area (Å²) in [6.45, 7) is 1.83. The van der Waals surface area contributed by atoms with E-state index >= 15 is 0 Å². The van der Waals surface area contributed by atoms with Crippen molar-refractivity contribution in [2.45, 2.75) is 13.0 Å². The monoisotopic (exact) mass is 375 g/mol. The standard InChI is InChI=1S/C22H21N3O3/c1-16-14-19(25(27)28)12-13-20(16)24-21(26)15-23-22(17-8-4-2-5-9-17)18-10-6-3-7-11-18/h2-14,22-23H,15H2,1H3,(H,24,26). The van der Waals surface area contributed by atoms with Gasteiger partial charge in [0.1, 0.15) is 0 Å². The first-order chi connectivity index (χ1) is 13.5. The van der Waals surface area contributed by atoms with Crippen molar-refractivity contribution >= 4 is 17.3 Å². The molecule has 0 atom stereocenters. The van der Waals surface area contributed by atoms with Crippen molar-refractivity contribution in [3.63, 3.8) is 0 Å². The average Bonchev–Trinajstić information content (AvgIpc) is 2.71. The quantitative estimate of drug-likeness (QED) is 0.478. The highest BCUT2D eigenvalue weighted by molar-refractivity contribution is 5.93. The van der Waals surface area contributed by atoms with E-state index in [1.807, 2.05) is 60.7 Å². The number of nitrogens with zero attached hydrogens (tertiary/aromatic N) is 1. The van der Waals surface area contributed by atoms with Crippen molar-refractivity contribution in [3.05, 3.63) is 106 Å². The van der Waals surface area contributed by atoms with Gasteiger partial charge in [-0.3, -0.25) is 20.2 Å². The lowest BCUT2D eigenvalue weighted by atomic mass is 9.99. The maximum Gasteiger partial charge on any atom is 0.269 e. The van der Waals surface area contributed by atoms with Gasteiger partial charge >= 0.3 is 0 Å². The molecular formula is C22H21N3O3. The van der Waals surface area contributed by atoms with E-state index in [4.69, 9.17) is 0 Å². The number of nitro benzene ring substituents is 1. The van der Waals surface area contributed by atoms with Crippen LogP contribution in [-0.4, -0.2) is 17.4 Å². The van der Waals surface area contributed by atoms with Crippen LogP contribution in [0.3, 0.4) is 0 Å². The SMILES string of the molecule is Cc1cc([N+](=O)[O-])ccc1NC(=O)CNC(c1ccccc1)c1ccccc1. The maximum absolute atomic E-state index is 12.4. The van der Waals surface area contributed by atoms with Crippen LogP contribution in [0.25, 0.3) is 0 Å². The van der Waals surface area contributed by atoms with Gasteiger partial charge in [0.05, 0.1) is 17.5 Å². The summed E-state index contributed by atoms with van der Waals surface area (Å²) in [5.74, 6) is -0.214. The highest BCUT2D eigenvalue weighted by atomic mass is 16.6. The smallest absolute Gasteiger partial charge is 0.269 e. The highest BCUT2D eigenvalue weighted by Gasteiger charge is 2.15. The molecule has 1 amide bonds. The van der Waals surface area contributed by atoms with Gasteiger partial charge in [0.25, 0.3) is 5.69 Å². The van der Waals surface area contributed by atoms with Crippen LogP contribution >= 0.6 is 0 Å². The summed E-state index contributed by atoms with van der Waals surface area (Å²) in [5.41, 5.74) is 3.33. The second kappa shape index (κ2) is 8.92. The van der Waals surface area contributed by atoms with Gasteiger partial charge < -0.3 is 5.32 Å². The van der Waals surface area contributed by atoms with E-state index in [2.05, 4.69) is 10.6 Å². The predicted octanol–water partition coefficient (Wildman–Crippen LogP) is 4.22. The Kier molecular flexibility index (Phi) is 6.14. The number of hydrogen-bond acceptors (Lipinski definition) is 4. The van der Waals surface area contributed by atoms with E-state index in [9.17, 15) is 14.9 Å². The lowest BCUT2D eigenvalue weighted by molar-refractivity contribution is -0.384. The molecule has 0 bridgehead atoms. The third-order valence-corrected chi connectivity index (χ3v) is 4.43. The Morgan fingerprint density at radius 3 is 2.04 bits per heavy atom. The second-order valence-electron chi connectivity index (χ2n) is 6.44. The molecule has 3 rings (SSSR count). The number of aryl methyl sites for hydroxylation is 1. The number of anilines is 1. The molecule has 6 heteroatoms. The number of nitro groups is 1. The third-order valence-electron chi connectivity index (χ3n) is 4.43. The molecule has 0 unspecified atom stereocenters. The van der Waals surface area contributed by atoms with Crippen molar-refractivity contribution in [3.8, 4) is 0 Å². The van der Waals surface area contributed by atoms with E-state index < -0.39 is 4.92 Å². The Hall–Kier alpha value is -3.51. The van der Waals surface area contributed by atoms with Gasteiger partial charge in [0.15, 0.2) is 0 Å². The number of carbonyl (C=O) groups is 1. The number of carbonyl (C=O) groups excluding carboxylic acids is 1. The summed E-state index contributed by atoms with van der Waals surface area (Å²) >= 11 is 0. The van der Waals surface area contributed by atoms with E-state index in [1.54, 1.807) is 13.0 Å². The zero-order chi connectivity index (χ0) is 19.9. The number of benzene rings is 3. The lowest BCUT2D eigenvalue weighted by Crippen LogP contribution is -2.32. The Morgan fingerprint density at radius 2 is 1.54 bits per heavy atom. The van der Waals surface area contributed by atoms with Crippen LogP contribution in [0.4, 0.5) is 11.4 Å². The summed E-state index contributed by atoms with van der Waals surface area (Å²) in [4.78, 5) is 22.8. The zero-order valence-electron chi connectivity index (χ0n) is 15.5. The lowest BCUT2D eigenvalue weighted by Gasteiger charge is -2.20. The molecule has 2 N–H and O–H groups in total. The van der Waals surface area contributed by atoms with E-state index in [1.165, 1.54) is 12.1 Å². The van der Waals surface area contributed by atoms with E-state index in [0.29, 0.717) is 11.3 Å². The van der Waals surface area contributed by atoms with Crippen molar-refractivity contribution in [1.82, 2.24) is 5.32 Å². The van der Waals surface area contributed by atoms with Crippen LogP contribution in [0.2, 0.25) is 0 Å². The van der Waals surface area contributed by atoms with Gasteiger partial charge in [0, 0.05) is 17.8 Å². The minimum atomic E-state index is -0.454. The molecule has 0 saturated heterocycles. The third kappa shape index (κ3) is 4.81. The Labute approximate surface area is 163 Å². The van der Waals surface area contributed by atoms with Crippen LogP contribution in [0, 0.1) is 17.0 Å². The van der Waals surface area contributed by atoms with E-state index in [-0.39, 0.29) is 24.2 Å². The van der Waals surface area contributed by atoms with Crippen LogP contribution in [0.5, 0.6) is 0 Å². The molecule has 0 aliphatic heterocycles. The second-order valence-corrected chi connectivity index (χ2v) is 6.44. The molecule has 142 valence electrons. The van der Waals surface area contributed by atoms with E-state index in [0.717, 1.165) is 11.1 Å². The fourth-order valence-corrected chi connectivity index (χ4v) is 3.01. The van der Waals surface area contributed by atoms with Gasteiger partial charge in [-0.2, -0.15) is 0 Å². The normalized spacial score (nSPS) is 10.6. The topological polar surface area (TPSA) is 84.3 Å². The molecular weight excluding hydrogens is 354 g/mol. The average molecular weight is 375 g/mol. The van der Waals surface area contributed by atoms with Crippen molar-refractivity contribution in [2.24, 2.45) is 0 Å². The fourth-order valence-electron chi connectivity index (χ4n) is 3.01. The van der Waals surface area contributed by atoms with Crippen molar-refractivity contribution in [2.75, 3.05) is 11.9 Å². The summed E-state index contributed by atoms with van der Waals surface area (Å²) in [6.07, 6.45) is 0. The minimum Gasteiger partial charge on any atom is -0.325 e. The zero-order valence-corrected chi connectivity index (χ0v) is 15.5. The van der Waals surface area contributed by atoms with Gasteiger partial charge in [-0.05, 0) is 29.7 Å². The van der Waals surface area contributed by atoms with Gasteiger partial charge in [-0.1, -0.05) is 60.7 Å². The van der Waals surface area contributed by atoms with Crippen LogP contribution in [0.1, 0.15) is 22.7 Å². The first kappa shape index (κ1) is 19.3. The molecule has 28 heavy (non-hydrogen) atoms. The van der Waals surface area contributed by atoms with Crippen molar-refractivity contribution < 1.29 is 9.72 Å². The summed E-state index contributed by atoms with van der Waals surface area (Å²) in [6, 6.07) is 24.1. The van der Waals surface area contributed by atoms with Gasteiger partial charge in [-0.15, -0.1) is 0 Å². The molecule has 0 heterocycles. The molecule has 6 nitrogen and oxygen atoms in total. The fraction of sp³-hybridized carbons (Fsp3) is 0.136. The summed E-state index contributed by atoms with van der Waals surface area (Å²) in [7, 11) is 0. The Balaban J connectivity index is 1.70. The maximum atomic E-state index is 12.4. The Bertz CT molecular complexity index is 920. The molecule has 3 aromatic carbocycles. The molecule has 3 aromatic rings. The molecule has 0 fully saturated rings. The number of non-ortho nitro benzene ring substituents is 1. The van der Waals surface area contributed by atoms with Crippen LogP contribution in [-0.2, 0) is 4.79 Å². The highest BCUT2D eigenvalue weighted by Crippen LogP contribution is 2.23. The molecule has 0 aliphatic carbocycles. The summed E-state index contributed by atoms with van der Waals surface area (Å²) < 4.78 is 0. The van der Waals surface area contributed by atoms with Gasteiger partial charge in [-0.25, -0.2) is 0 Å². The first-order valence-corrected chi connectivity index (χ1v) is 8.93. The first-order valence-electron chi connectivity index (χ1n) is 8.93. The van der Waals surface area contributed by atoms with Gasteiger partial charge in [0.2, 0.25) is 5.91 Å². The van der Waals surface area contributed by atoms with Crippen LogP contribution in [0.15, 0.2) is 78.9 Å². The molecule has 0 aromatic heterocycles. The molecule has 0 radical (unpaired) electrons. The number of nitrogens with one attached hydrogen (secondary N) is 2. The van der Waals surface area contributed by atoms with Crippen molar-refractivity contribution in [1.29, 1.82) is 0 Å². The molecule has 0 saturated carbocycles. The summed E-state index contributed by atoms with van der Waals surface area (Å²) in [5, 5.41) is 17.0. The minimum absolute atomic E-state index is 0.00171. The van der Waals surface area contributed by atoms with Crippen LogP contribution < -0.4 is 10.6 Å². The number of hydrogen-bond donors (Lipinski definition) is 2. The largest absolute Gasteiger partial charge is 0.325 e. The molecule has 0 spiro atoms. The predicted molar refractivity (Wildman–Crippen MR) is 109 cm³/mol.